The van der Waals surface area contributed by atoms with Gasteiger partial charge in [0.1, 0.15) is 5.54 Å². The summed E-state index contributed by atoms with van der Waals surface area (Å²) >= 11 is 0. The van der Waals surface area contributed by atoms with Gasteiger partial charge in [0.05, 0.1) is 0 Å². The molecular formula is C18H29NO2. The molecule has 0 spiro atoms. The second-order valence-electron chi connectivity index (χ2n) is 6.64. The lowest BCUT2D eigenvalue weighted by Crippen LogP contribution is -2.46. The Balaban J connectivity index is 3.06. The average Bonchev–Trinajstić information content (AvgIpc) is 2.39. The van der Waals surface area contributed by atoms with E-state index in [1.54, 1.807) is 6.92 Å². The Morgan fingerprint density at radius 3 is 2.10 bits per heavy atom. The van der Waals surface area contributed by atoms with E-state index < -0.39 is 11.5 Å². The summed E-state index contributed by atoms with van der Waals surface area (Å²) in [5, 5.41) is 9.22. The number of hydrogen-bond acceptors (Lipinski definition) is 2. The van der Waals surface area contributed by atoms with Gasteiger partial charge in [-0.2, -0.15) is 0 Å². The highest BCUT2D eigenvalue weighted by atomic mass is 16.4. The number of carboxylic acid groups (broad SMARTS) is 1. The molecule has 0 aliphatic heterocycles. The maximum Gasteiger partial charge on any atom is 0.323 e. The number of hydrogen-bond donors (Lipinski definition) is 2. The first-order chi connectivity index (χ1) is 9.60. The zero-order valence-corrected chi connectivity index (χ0v) is 14.2. The summed E-state index contributed by atoms with van der Waals surface area (Å²) in [4.78, 5) is 11.2. The summed E-state index contributed by atoms with van der Waals surface area (Å²) in [6.07, 6.45) is 2.34. The summed E-state index contributed by atoms with van der Waals surface area (Å²) in [5.41, 5.74) is 11.4. The minimum Gasteiger partial charge on any atom is -0.480 e. The second-order valence-corrected chi connectivity index (χ2v) is 6.64. The van der Waals surface area contributed by atoms with Crippen LogP contribution in [0.1, 0.15) is 54.5 Å². The fourth-order valence-corrected chi connectivity index (χ4v) is 2.94. The summed E-state index contributed by atoms with van der Waals surface area (Å²) in [6.45, 7) is 12.3. The molecule has 1 aromatic rings. The zero-order valence-electron chi connectivity index (χ0n) is 14.2. The maximum atomic E-state index is 11.2. The fraction of sp³-hybridized carbons (Fsp3) is 0.611. The van der Waals surface area contributed by atoms with Crippen LogP contribution in [0.3, 0.4) is 0 Å². The van der Waals surface area contributed by atoms with Gasteiger partial charge in [0.25, 0.3) is 0 Å². The minimum atomic E-state index is -1.15. The van der Waals surface area contributed by atoms with Crippen LogP contribution in [0.5, 0.6) is 0 Å². The van der Waals surface area contributed by atoms with Gasteiger partial charge >= 0.3 is 5.97 Å². The Hall–Kier alpha value is -1.35. The Morgan fingerprint density at radius 2 is 1.71 bits per heavy atom. The van der Waals surface area contributed by atoms with E-state index in [0.29, 0.717) is 6.42 Å². The molecule has 0 amide bonds. The molecule has 0 radical (unpaired) electrons. The van der Waals surface area contributed by atoms with Crippen LogP contribution in [0.2, 0.25) is 0 Å². The van der Waals surface area contributed by atoms with Gasteiger partial charge in [-0.05, 0) is 81.2 Å². The summed E-state index contributed by atoms with van der Waals surface area (Å²) in [5.74, 6) is -0.635. The third kappa shape index (κ3) is 4.07. The third-order valence-corrected chi connectivity index (χ3v) is 4.79. The van der Waals surface area contributed by atoms with Gasteiger partial charge in [0, 0.05) is 0 Å². The van der Waals surface area contributed by atoms with Crippen molar-refractivity contribution in [1.29, 1.82) is 0 Å². The standard InChI is InChI=1S/C18H29NO2/c1-7-15(10-18(6,19)17(20)21)9-16-13(4)11(2)8-12(3)14(16)5/h8,15H,7,9-10,19H2,1-6H3,(H,20,21). The van der Waals surface area contributed by atoms with Crippen LogP contribution in [0.25, 0.3) is 0 Å². The summed E-state index contributed by atoms with van der Waals surface area (Å²) in [6, 6.07) is 2.22. The van der Waals surface area contributed by atoms with Crippen molar-refractivity contribution in [3.63, 3.8) is 0 Å². The van der Waals surface area contributed by atoms with Crippen molar-refractivity contribution in [3.8, 4) is 0 Å². The number of benzene rings is 1. The van der Waals surface area contributed by atoms with Crippen LogP contribution in [0.4, 0.5) is 0 Å². The van der Waals surface area contributed by atoms with Crippen LogP contribution >= 0.6 is 0 Å². The van der Waals surface area contributed by atoms with E-state index in [9.17, 15) is 9.90 Å². The quantitative estimate of drug-likeness (QED) is 0.840. The number of carbonyl (C=O) groups is 1. The number of rotatable bonds is 6. The van der Waals surface area contributed by atoms with E-state index in [2.05, 4.69) is 40.7 Å². The molecule has 0 aliphatic rings. The van der Waals surface area contributed by atoms with E-state index in [1.807, 2.05) is 0 Å². The lowest BCUT2D eigenvalue weighted by Gasteiger charge is -2.27. The van der Waals surface area contributed by atoms with Crippen molar-refractivity contribution in [2.45, 2.75) is 66.3 Å². The Kier molecular flexibility index (Phi) is 5.57. The van der Waals surface area contributed by atoms with E-state index in [4.69, 9.17) is 5.73 Å². The molecule has 118 valence electrons. The number of nitrogens with two attached hydrogens (primary N) is 1. The van der Waals surface area contributed by atoms with Gasteiger partial charge in [-0.1, -0.05) is 19.4 Å². The number of carboxylic acids is 1. The molecule has 2 atom stereocenters. The molecule has 2 unspecified atom stereocenters. The molecule has 0 fully saturated rings. The van der Waals surface area contributed by atoms with E-state index in [-0.39, 0.29) is 5.92 Å². The first-order valence-corrected chi connectivity index (χ1v) is 7.68. The molecule has 0 saturated heterocycles. The van der Waals surface area contributed by atoms with Gasteiger partial charge in [0.2, 0.25) is 0 Å². The van der Waals surface area contributed by atoms with Gasteiger partial charge in [0.15, 0.2) is 0 Å². The monoisotopic (exact) mass is 291 g/mol. The first-order valence-electron chi connectivity index (χ1n) is 7.68. The third-order valence-electron chi connectivity index (χ3n) is 4.79. The number of aryl methyl sites for hydroxylation is 2. The molecule has 3 nitrogen and oxygen atoms in total. The SMILES string of the molecule is CCC(Cc1c(C)c(C)cc(C)c1C)CC(C)(N)C(=O)O. The highest BCUT2D eigenvalue weighted by Gasteiger charge is 2.31. The van der Waals surface area contributed by atoms with Crippen molar-refractivity contribution in [2.24, 2.45) is 11.7 Å². The van der Waals surface area contributed by atoms with Crippen LogP contribution in [-0.2, 0) is 11.2 Å². The van der Waals surface area contributed by atoms with Crippen LogP contribution in [0.15, 0.2) is 6.07 Å². The number of aliphatic carboxylic acids is 1. The predicted molar refractivity (Wildman–Crippen MR) is 87.7 cm³/mol. The van der Waals surface area contributed by atoms with Gasteiger partial charge < -0.3 is 10.8 Å². The highest BCUT2D eigenvalue weighted by molar-refractivity contribution is 5.77. The maximum absolute atomic E-state index is 11.2. The van der Waals surface area contributed by atoms with Gasteiger partial charge in [-0.25, -0.2) is 0 Å². The van der Waals surface area contributed by atoms with E-state index in [0.717, 1.165) is 12.8 Å². The van der Waals surface area contributed by atoms with Gasteiger partial charge in [-0.15, -0.1) is 0 Å². The Labute approximate surface area is 128 Å². The normalized spacial score (nSPS) is 15.6. The molecule has 0 aromatic heterocycles. The highest BCUT2D eigenvalue weighted by Crippen LogP contribution is 2.28. The van der Waals surface area contributed by atoms with Crippen molar-refractivity contribution >= 4 is 5.97 Å². The lowest BCUT2D eigenvalue weighted by atomic mass is 9.81. The Morgan fingerprint density at radius 1 is 1.24 bits per heavy atom. The van der Waals surface area contributed by atoms with Crippen molar-refractivity contribution in [2.75, 3.05) is 0 Å². The van der Waals surface area contributed by atoms with E-state index in [1.165, 1.54) is 27.8 Å². The summed E-state index contributed by atoms with van der Waals surface area (Å²) in [7, 11) is 0. The topological polar surface area (TPSA) is 63.3 Å². The first kappa shape index (κ1) is 17.7. The molecule has 1 rings (SSSR count). The molecule has 3 heteroatoms. The molecule has 0 bridgehead atoms. The van der Waals surface area contributed by atoms with E-state index >= 15 is 0 Å². The smallest absolute Gasteiger partial charge is 0.323 e. The lowest BCUT2D eigenvalue weighted by molar-refractivity contribution is -0.143. The zero-order chi connectivity index (χ0) is 16.4. The van der Waals surface area contributed by atoms with Crippen LogP contribution in [-0.4, -0.2) is 16.6 Å². The molecule has 0 saturated carbocycles. The minimum absolute atomic E-state index is 0.287. The average molecular weight is 291 g/mol. The molecule has 1 aromatic carbocycles. The largest absolute Gasteiger partial charge is 0.480 e. The molecule has 0 heterocycles. The fourth-order valence-electron chi connectivity index (χ4n) is 2.94. The van der Waals surface area contributed by atoms with Gasteiger partial charge in [-0.3, -0.25) is 4.79 Å². The second kappa shape index (κ2) is 6.61. The Bertz CT molecular complexity index is 506. The van der Waals surface area contributed by atoms with Crippen molar-refractivity contribution < 1.29 is 9.90 Å². The molecule has 21 heavy (non-hydrogen) atoms. The van der Waals surface area contributed by atoms with Crippen LogP contribution in [0, 0.1) is 33.6 Å². The molecule has 0 aliphatic carbocycles. The molecule has 3 N–H and O–H groups in total. The van der Waals surface area contributed by atoms with Crippen LogP contribution < -0.4 is 5.73 Å². The summed E-state index contributed by atoms with van der Waals surface area (Å²) < 4.78 is 0. The predicted octanol–water partition coefficient (Wildman–Crippen LogP) is 3.68. The van der Waals surface area contributed by atoms with Crippen molar-refractivity contribution in [1.82, 2.24) is 0 Å². The molecular weight excluding hydrogens is 262 g/mol. The van der Waals surface area contributed by atoms with Crippen molar-refractivity contribution in [3.05, 3.63) is 33.9 Å².